The van der Waals surface area contributed by atoms with Crippen LogP contribution in [0.25, 0.3) is 6.08 Å². The minimum absolute atomic E-state index is 0.178. The molecule has 2 aliphatic heterocycles. The number of fused-ring (bicyclic) bond motifs is 2. The lowest BCUT2D eigenvalue weighted by Gasteiger charge is -2.12. The normalized spacial score (nSPS) is 15.2. The molecule has 0 spiro atoms. The molecule has 31 heavy (non-hydrogen) atoms. The largest absolute Gasteiger partial charge is 0.488 e. The van der Waals surface area contributed by atoms with Crippen LogP contribution in [0.1, 0.15) is 27.0 Å². The SMILES string of the molecule is Cc1c(OCc2ccc(Cl)cc2Cl)ccc2c1O/C(=C\c1ccc3c(c1)OCO3)C2=O. The van der Waals surface area contributed by atoms with E-state index in [4.69, 9.17) is 42.1 Å². The van der Waals surface area contributed by atoms with Crippen LogP contribution in [-0.2, 0) is 6.61 Å². The topological polar surface area (TPSA) is 54.0 Å². The summed E-state index contributed by atoms with van der Waals surface area (Å²) < 4.78 is 22.6. The van der Waals surface area contributed by atoms with Gasteiger partial charge in [-0.25, -0.2) is 0 Å². The van der Waals surface area contributed by atoms with Gasteiger partial charge in [-0.3, -0.25) is 4.79 Å². The van der Waals surface area contributed by atoms with Gasteiger partial charge in [-0.2, -0.15) is 0 Å². The van der Waals surface area contributed by atoms with E-state index in [0.29, 0.717) is 38.6 Å². The maximum atomic E-state index is 12.8. The number of carbonyl (C=O) groups is 1. The molecule has 0 amide bonds. The molecule has 5 rings (SSSR count). The zero-order valence-electron chi connectivity index (χ0n) is 16.4. The van der Waals surface area contributed by atoms with Gasteiger partial charge in [0.25, 0.3) is 0 Å². The van der Waals surface area contributed by atoms with Crippen molar-refractivity contribution in [1.82, 2.24) is 0 Å². The molecule has 3 aromatic carbocycles. The Morgan fingerprint density at radius 1 is 1.03 bits per heavy atom. The highest BCUT2D eigenvalue weighted by Gasteiger charge is 2.30. The predicted molar refractivity (Wildman–Crippen MR) is 117 cm³/mol. The average Bonchev–Trinajstić information content (AvgIpc) is 3.34. The summed E-state index contributed by atoms with van der Waals surface area (Å²) in [6, 6.07) is 14.2. The number of carbonyl (C=O) groups excluding carboxylic acids is 1. The van der Waals surface area contributed by atoms with Crippen molar-refractivity contribution in [2.24, 2.45) is 0 Å². The minimum atomic E-state index is -0.178. The lowest BCUT2D eigenvalue weighted by Crippen LogP contribution is -1.99. The Morgan fingerprint density at radius 3 is 2.71 bits per heavy atom. The fourth-order valence-corrected chi connectivity index (χ4v) is 3.94. The van der Waals surface area contributed by atoms with Crippen molar-refractivity contribution in [3.8, 4) is 23.0 Å². The van der Waals surface area contributed by atoms with Crippen LogP contribution in [-0.4, -0.2) is 12.6 Å². The molecule has 7 heteroatoms. The molecule has 0 aliphatic carbocycles. The van der Waals surface area contributed by atoms with Gasteiger partial charge in [0.15, 0.2) is 17.3 Å². The zero-order valence-corrected chi connectivity index (χ0v) is 17.9. The lowest BCUT2D eigenvalue weighted by molar-refractivity contribution is 0.101. The number of ether oxygens (including phenoxy) is 4. The maximum absolute atomic E-state index is 12.8. The summed E-state index contributed by atoms with van der Waals surface area (Å²) in [4.78, 5) is 12.8. The molecule has 0 atom stereocenters. The van der Waals surface area contributed by atoms with Gasteiger partial charge in [0.1, 0.15) is 18.1 Å². The van der Waals surface area contributed by atoms with E-state index in [2.05, 4.69) is 0 Å². The lowest BCUT2D eigenvalue weighted by atomic mass is 10.1. The van der Waals surface area contributed by atoms with Crippen molar-refractivity contribution in [3.63, 3.8) is 0 Å². The summed E-state index contributed by atoms with van der Waals surface area (Å²) in [5.74, 6) is 2.50. The van der Waals surface area contributed by atoms with Crippen LogP contribution in [0.5, 0.6) is 23.0 Å². The molecule has 0 fully saturated rings. The molecule has 0 bridgehead atoms. The van der Waals surface area contributed by atoms with Gasteiger partial charge in [0.2, 0.25) is 12.6 Å². The molecule has 156 valence electrons. The number of rotatable bonds is 4. The van der Waals surface area contributed by atoms with Gasteiger partial charge in [-0.15, -0.1) is 0 Å². The van der Waals surface area contributed by atoms with Gasteiger partial charge in [0, 0.05) is 21.2 Å². The number of Topliss-reactive ketones (excluding diaryl/α,β-unsaturated/α-hetero) is 1. The van der Waals surface area contributed by atoms with E-state index < -0.39 is 0 Å². The summed E-state index contributed by atoms with van der Waals surface area (Å²) in [7, 11) is 0. The number of hydrogen-bond acceptors (Lipinski definition) is 5. The molecule has 0 aromatic heterocycles. The van der Waals surface area contributed by atoms with E-state index in [1.807, 2.05) is 25.1 Å². The monoisotopic (exact) mass is 454 g/mol. The standard InChI is InChI=1S/C24H16Cl2O5/c1-13-19(28-11-15-3-4-16(25)10-18(15)26)7-5-17-23(27)22(31-24(13)17)9-14-2-6-20-21(8-14)30-12-29-20/h2-10H,11-12H2,1H3/b22-9-. The smallest absolute Gasteiger partial charge is 0.231 e. The Hall–Kier alpha value is -3.15. The van der Waals surface area contributed by atoms with Crippen LogP contribution in [0.3, 0.4) is 0 Å². The Kier molecular flexibility index (Phi) is 5.00. The highest BCUT2D eigenvalue weighted by atomic mass is 35.5. The van der Waals surface area contributed by atoms with Crippen LogP contribution >= 0.6 is 23.2 Å². The molecular weight excluding hydrogens is 439 g/mol. The first-order valence-electron chi connectivity index (χ1n) is 9.54. The Labute approximate surface area is 188 Å². The van der Waals surface area contributed by atoms with Gasteiger partial charge in [0.05, 0.1) is 5.56 Å². The second-order valence-electron chi connectivity index (χ2n) is 7.14. The predicted octanol–water partition coefficient (Wildman–Crippen LogP) is 6.23. The van der Waals surface area contributed by atoms with Gasteiger partial charge >= 0.3 is 0 Å². The second-order valence-corrected chi connectivity index (χ2v) is 7.99. The molecule has 0 saturated carbocycles. The molecule has 0 saturated heterocycles. The van der Waals surface area contributed by atoms with E-state index in [-0.39, 0.29) is 24.9 Å². The Balaban J connectivity index is 1.38. The fraction of sp³-hybridized carbons (Fsp3) is 0.125. The van der Waals surface area contributed by atoms with Crippen molar-refractivity contribution in [2.45, 2.75) is 13.5 Å². The Bertz CT molecular complexity index is 1250. The van der Waals surface area contributed by atoms with Crippen LogP contribution in [0.15, 0.2) is 54.3 Å². The van der Waals surface area contributed by atoms with Crippen LogP contribution in [0, 0.1) is 6.92 Å². The first-order valence-corrected chi connectivity index (χ1v) is 10.3. The third kappa shape index (κ3) is 3.71. The number of benzene rings is 3. The van der Waals surface area contributed by atoms with Crippen molar-refractivity contribution < 1.29 is 23.7 Å². The summed E-state index contributed by atoms with van der Waals surface area (Å²) in [6.45, 7) is 2.32. The summed E-state index contributed by atoms with van der Waals surface area (Å²) in [5, 5.41) is 1.10. The number of hydrogen-bond donors (Lipinski definition) is 0. The number of ketones is 1. The first kappa shape index (κ1) is 19.8. The number of allylic oxidation sites excluding steroid dienone is 1. The van der Waals surface area contributed by atoms with Crippen molar-refractivity contribution in [1.29, 1.82) is 0 Å². The molecule has 0 N–H and O–H groups in total. The molecule has 2 aliphatic rings. The minimum Gasteiger partial charge on any atom is -0.488 e. The van der Waals surface area contributed by atoms with Crippen molar-refractivity contribution >= 4 is 35.1 Å². The molecule has 2 heterocycles. The van der Waals surface area contributed by atoms with E-state index in [1.165, 1.54) is 0 Å². The van der Waals surface area contributed by atoms with E-state index in [1.54, 1.807) is 36.4 Å². The van der Waals surface area contributed by atoms with E-state index >= 15 is 0 Å². The Morgan fingerprint density at radius 2 is 1.87 bits per heavy atom. The molecule has 0 unspecified atom stereocenters. The third-order valence-electron chi connectivity index (χ3n) is 5.13. The van der Waals surface area contributed by atoms with Crippen LogP contribution < -0.4 is 18.9 Å². The highest BCUT2D eigenvalue weighted by Crippen LogP contribution is 2.40. The summed E-state index contributed by atoms with van der Waals surface area (Å²) in [5.41, 5.74) is 2.84. The van der Waals surface area contributed by atoms with Gasteiger partial charge in [-0.05, 0) is 55.0 Å². The first-order chi connectivity index (χ1) is 15.0. The van der Waals surface area contributed by atoms with Crippen molar-refractivity contribution in [3.05, 3.63) is 86.6 Å². The summed E-state index contributed by atoms with van der Waals surface area (Å²) >= 11 is 12.2. The van der Waals surface area contributed by atoms with Crippen LogP contribution in [0.4, 0.5) is 0 Å². The van der Waals surface area contributed by atoms with Gasteiger partial charge in [-0.1, -0.05) is 35.3 Å². The van der Waals surface area contributed by atoms with Crippen molar-refractivity contribution in [2.75, 3.05) is 6.79 Å². The number of halogens is 2. The highest BCUT2D eigenvalue weighted by molar-refractivity contribution is 6.35. The third-order valence-corrected chi connectivity index (χ3v) is 5.72. The van der Waals surface area contributed by atoms with Crippen LogP contribution in [0.2, 0.25) is 10.0 Å². The average molecular weight is 455 g/mol. The molecule has 0 radical (unpaired) electrons. The van der Waals surface area contributed by atoms with E-state index in [9.17, 15) is 4.79 Å². The maximum Gasteiger partial charge on any atom is 0.231 e. The molecule has 5 nitrogen and oxygen atoms in total. The van der Waals surface area contributed by atoms with E-state index in [0.717, 1.165) is 16.7 Å². The second kappa shape index (κ2) is 7.84. The molecular formula is C24H16Cl2O5. The molecule has 3 aromatic rings. The quantitative estimate of drug-likeness (QED) is 0.437. The zero-order chi connectivity index (χ0) is 21.5. The summed E-state index contributed by atoms with van der Waals surface area (Å²) in [6.07, 6.45) is 1.69. The fourth-order valence-electron chi connectivity index (χ4n) is 3.47. The van der Waals surface area contributed by atoms with Gasteiger partial charge < -0.3 is 18.9 Å².